The average Bonchev–Trinajstić information content (AvgIpc) is 3.03. The standard InChI is InChI=1S/C17H17N3O/c1-13-6-7-17(21)14(10-13)11-19-15-4-2-3-5-16(15)20-9-8-18-12-20/h2-10,12,19,21H,11H2,1H3. The van der Waals surface area contributed by atoms with Crippen molar-refractivity contribution in [3.8, 4) is 11.4 Å². The Hall–Kier alpha value is -2.75. The number of aromatic hydroxyl groups is 1. The molecule has 0 aliphatic rings. The third-order valence-electron chi connectivity index (χ3n) is 3.39. The number of rotatable bonds is 4. The third kappa shape index (κ3) is 2.89. The van der Waals surface area contributed by atoms with Gasteiger partial charge in [0.05, 0.1) is 17.7 Å². The Morgan fingerprint density at radius 1 is 1.19 bits per heavy atom. The van der Waals surface area contributed by atoms with Crippen LogP contribution >= 0.6 is 0 Å². The van der Waals surface area contributed by atoms with Gasteiger partial charge in [-0.1, -0.05) is 29.8 Å². The summed E-state index contributed by atoms with van der Waals surface area (Å²) >= 11 is 0. The molecular formula is C17H17N3O. The number of aromatic nitrogens is 2. The maximum absolute atomic E-state index is 9.91. The van der Waals surface area contributed by atoms with Crippen LogP contribution < -0.4 is 5.32 Å². The molecule has 0 unspecified atom stereocenters. The van der Waals surface area contributed by atoms with Gasteiger partial charge in [-0.15, -0.1) is 0 Å². The molecule has 3 rings (SSSR count). The molecule has 1 heterocycles. The molecule has 0 fully saturated rings. The van der Waals surface area contributed by atoms with Crippen LogP contribution in [-0.2, 0) is 6.54 Å². The lowest BCUT2D eigenvalue weighted by molar-refractivity contribution is 0.469. The number of aryl methyl sites for hydroxylation is 1. The van der Waals surface area contributed by atoms with Crippen LogP contribution in [0.3, 0.4) is 0 Å². The highest BCUT2D eigenvalue weighted by molar-refractivity contribution is 5.61. The van der Waals surface area contributed by atoms with Gasteiger partial charge in [-0.05, 0) is 25.1 Å². The fourth-order valence-electron chi connectivity index (χ4n) is 2.30. The molecule has 106 valence electrons. The number of anilines is 1. The van der Waals surface area contributed by atoms with Gasteiger partial charge in [0, 0.05) is 24.5 Å². The number of phenolic OH excluding ortho intramolecular Hbond substituents is 1. The lowest BCUT2D eigenvalue weighted by Crippen LogP contribution is -2.04. The van der Waals surface area contributed by atoms with E-state index in [9.17, 15) is 5.11 Å². The number of para-hydroxylation sites is 2. The van der Waals surface area contributed by atoms with Gasteiger partial charge in [0.1, 0.15) is 5.75 Å². The predicted molar refractivity (Wildman–Crippen MR) is 83.7 cm³/mol. The van der Waals surface area contributed by atoms with E-state index < -0.39 is 0 Å². The van der Waals surface area contributed by atoms with Crippen LogP contribution in [0.2, 0.25) is 0 Å². The minimum atomic E-state index is 0.313. The third-order valence-corrected chi connectivity index (χ3v) is 3.39. The highest BCUT2D eigenvalue weighted by Crippen LogP contribution is 2.23. The lowest BCUT2D eigenvalue weighted by Gasteiger charge is -2.13. The Balaban J connectivity index is 1.84. The molecule has 0 atom stereocenters. The van der Waals surface area contributed by atoms with Crippen LogP contribution in [0, 0.1) is 6.92 Å². The summed E-state index contributed by atoms with van der Waals surface area (Å²) in [7, 11) is 0. The van der Waals surface area contributed by atoms with Crippen molar-refractivity contribution < 1.29 is 5.11 Å². The van der Waals surface area contributed by atoms with Gasteiger partial charge in [-0.25, -0.2) is 4.98 Å². The van der Waals surface area contributed by atoms with E-state index in [0.29, 0.717) is 12.3 Å². The average molecular weight is 279 g/mol. The van der Waals surface area contributed by atoms with Crippen molar-refractivity contribution in [3.63, 3.8) is 0 Å². The van der Waals surface area contributed by atoms with Crippen LogP contribution in [-0.4, -0.2) is 14.7 Å². The highest BCUT2D eigenvalue weighted by atomic mass is 16.3. The summed E-state index contributed by atoms with van der Waals surface area (Å²) < 4.78 is 1.96. The first-order chi connectivity index (χ1) is 10.2. The molecule has 0 spiro atoms. The normalized spacial score (nSPS) is 10.5. The number of nitrogens with zero attached hydrogens (tertiary/aromatic N) is 2. The van der Waals surface area contributed by atoms with Gasteiger partial charge in [0.2, 0.25) is 0 Å². The van der Waals surface area contributed by atoms with Crippen LogP contribution in [0.4, 0.5) is 5.69 Å². The summed E-state index contributed by atoms with van der Waals surface area (Å²) in [5.74, 6) is 0.313. The van der Waals surface area contributed by atoms with E-state index in [1.165, 1.54) is 0 Å². The quantitative estimate of drug-likeness (QED) is 0.768. The van der Waals surface area contributed by atoms with Crippen molar-refractivity contribution in [2.24, 2.45) is 0 Å². The molecule has 21 heavy (non-hydrogen) atoms. The molecule has 3 aromatic rings. The first-order valence-electron chi connectivity index (χ1n) is 6.84. The Labute approximate surface area is 123 Å². The SMILES string of the molecule is Cc1ccc(O)c(CNc2ccccc2-n2ccnc2)c1. The molecule has 0 aliphatic carbocycles. The fourth-order valence-corrected chi connectivity index (χ4v) is 2.30. The summed E-state index contributed by atoms with van der Waals surface area (Å²) in [6.45, 7) is 2.58. The summed E-state index contributed by atoms with van der Waals surface area (Å²) in [5.41, 5.74) is 4.04. The molecule has 0 aliphatic heterocycles. The molecule has 0 radical (unpaired) electrons. The van der Waals surface area contributed by atoms with Gasteiger partial charge in [-0.2, -0.15) is 0 Å². The van der Waals surface area contributed by atoms with Crippen LogP contribution in [0.5, 0.6) is 5.75 Å². The number of nitrogens with one attached hydrogen (secondary N) is 1. The van der Waals surface area contributed by atoms with Crippen LogP contribution in [0.1, 0.15) is 11.1 Å². The molecule has 2 N–H and O–H groups in total. The maximum Gasteiger partial charge on any atom is 0.120 e. The highest BCUT2D eigenvalue weighted by Gasteiger charge is 2.05. The summed E-state index contributed by atoms with van der Waals surface area (Å²) in [4.78, 5) is 4.08. The summed E-state index contributed by atoms with van der Waals surface area (Å²) in [6.07, 6.45) is 5.43. The molecular weight excluding hydrogens is 262 g/mol. The second-order valence-electron chi connectivity index (χ2n) is 4.97. The Morgan fingerprint density at radius 2 is 2.05 bits per heavy atom. The number of phenols is 1. The molecule has 1 aromatic heterocycles. The largest absolute Gasteiger partial charge is 0.508 e. The Kier molecular flexibility index (Phi) is 3.60. The van der Waals surface area contributed by atoms with Gasteiger partial charge in [-0.3, -0.25) is 0 Å². The van der Waals surface area contributed by atoms with Crippen molar-refractivity contribution in [1.29, 1.82) is 0 Å². The lowest BCUT2D eigenvalue weighted by atomic mass is 10.1. The first-order valence-corrected chi connectivity index (χ1v) is 6.84. The van der Waals surface area contributed by atoms with E-state index in [4.69, 9.17) is 0 Å². The second kappa shape index (κ2) is 5.71. The maximum atomic E-state index is 9.91. The van der Waals surface area contributed by atoms with E-state index in [0.717, 1.165) is 22.5 Å². The molecule has 0 bridgehead atoms. The molecule has 0 amide bonds. The monoisotopic (exact) mass is 279 g/mol. The van der Waals surface area contributed by atoms with Crippen molar-refractivity contribution in [3.05, 3.63) is 72.3 Å². The number of benzene rings is 2. The van der Waals surface area contributed by atoms with Crippen molar-refractivity contribution in [2.45, 2.75) is 13.5 Å². The van der Waals surface area contributed by atoms with E-state index in [1.807, 2.05) is 54.1 Å². The van der Waals surface area contributed by atoms with Gasteiger partial charge < -0.3 is 15.0 Å². The van der Waals surface area contributed by atoms with Crippen LogP contribution in [0.25, 0.3) is 5.69 Å². The second-order valence-corrected chi connectivity index (χ2v) is 4.97. The van der Waals surface area contributed by atoms with Crippen molar-refractivity contribution in [1.82, 2.24) is 9.55 Å². The minimum absolute atomic E-state index is 0.313. The van der Waals surface area contributed by atoms with Crippen LogP contribution in [0.15, 0.2) is 61.2 Å². The number of hydrogen-bond donors (Lipinski definition) is 2. The molecule has 0 saturated heterocycles. The van der Waals surface area contributed by atoms with Crippen molar-refractivity contribution in [2.75, 3.05) is 5.32 Å². The van der Waals surface area contributed by atoms with E-state index >= 15 is 0 Å². The molecule has 4 heteroatoms. The zero-order valence-corrected chi connectivity index (χ0v) is 11.8. The van der Waals surface area contributed by atoms with Gasteiger partial charge in [0.15, 0.2) is 0 Å². The number of imidazole rings is 1. The smallest absolute Gasteiger partial charge is 0.120 e. The number of hydrogen-bond acceptors (Lipinski definition) is 3. The molecule has 2 aromatic carbocycles. The topological polar surface area (TPSA) is 50.1 Å². The van der Waals surface area contributed by atoms with E-state index in [1.54, 1.807) is 18.6 Å². The van der Waals surface area contributed by atoms with Gasteiger partial charge >= 0.3 is 0 Å². The first kappa shape index (κ1) is 13.2. The Bertz CT molecular complexity index is 736. The van der Waals surface area contributed by atoms with E-state index in [2.05, 4.69) is 10.3 Å². The minimum Gasteiger partial charge on any atom is -0.508 e. The molecule has 4 nitrogen and oxygen atoms in total. The zero-order chi connectivity index (χ0) is 14.7. The van der Waals surface area contributed by atoms with E-state index in [-0.39, 0.29) is 0 Å². The zero-order valence-electron chi connectivity index (χ0n) is 11.8. The molecule has 0 saturated carbocycles. The predicted octanol–water partition coefficient (Wildman–Crippen LogP) is 3.50. The Morgan fingerprint density at radius 3 is 2.86 bits per heavy atom. The fraction of sp³-hybridized carbons (Fsp3) is 0.118. The summed E-state index contributed by atoms with van der Waals surface area (Å²) in [5, 5.41) is 13.3. The summed E-state index contributed by atoms with van der Waals surface area (Å²) in [6, 6.07) is 13.6. The van der Waals surface area contributed by atoms with Gasteiger partial charge in [0.25, 0.3) is 0 Å². The van der Waals surface area contributed by atoms with Crippen molar-refractivity contribution >= 4 is 5.69 Å².